The van der Waals surface area contributed by atoms with Crippen molar-refractivity contribution in [1.82, 2.24) is 0 Å². The lowest BCUT2D eigenvalue weighted by molar-refractivity contribution is 0.368. The van der Waals surface area contributed by atoms with E-state index in [4.69, 9.17) is 4.42 Å². The maximum Gasteiger partial charge on any atom is 0.673 e. The van der Waals surface area contributed by atoms with Crippen LogP contribution in [0.15, 0.2) is 46.9 Å². The van der Waals surface area contributed by atoms with Crippen LogP contribution in [-0.2, 0) is 0 Å². The van der Waals surface area contributed by atoms with Crippen molar-refractivity contribution < 1.29 is 21.7 Å². The smallest absolute Gasteiger partial charge is 0.418 e. The van der Waals surface area contributed by atoms with E-state index >= 15 is 0 Å². The van der Waals surface area contributed by atoms with Crippen LogP contribution in [0.1, 0.15) is 11.1 Å². The highest BCUT2D eigenvalue weighted by Gasteiger charge is 2.24. The molecule has 0 radical (unpaired) electrons. The zero-order valence-electron chi connectivity index (χ0n) is 11.5. The first-order chi connectivity index (χ1) is 9.75. The van der Waals surface area contributed by atoms with E-state index in [1.807, 2.05) is 18.2 Å². The molecule has 1 heterocycles. The largest absolute Gasteiger partial charge is 0.673 e. The second kappa shape index (κ2) is 5.72. The van der Waals surface area contributed by atoms with Crippen LogP contribution < -0.4 is 0 Å². The first kappa shape index (κ1) is 15.3. The average Bonchev–Trinajstić information content (AvgIpc) is 2.54. The Bertz CT molecular complexity index is 734. The van der Waals surface area contributed by atoms with Gasteiger partial charge in [0.1, 0.15) is 0 Å². The lowest BCUT2D eigenvalue weighted by Crippen LogP contribution is -2.02. The molecule has 0 bridgehead atoms. The first-order valence-electron chi connectivity index (χ1n) is 6.35. The number of benzene rings is 1. The van der Waals surface area contributed by atoms with Crippen molar-refractivity contribution >= 4 is 18.2 Å². The third-order valence-corrected chi connectivity index (χ3v) is 2.92. The molecule has 1 aliphatic carbocycles. The van der Waals surface area contributed by atoms with E-state index in [0.717, 1.165) is 11.3 Å². The van der Waals surface area contributed by atoms with Gasteiger partial charge in [-0.3, -0.25) is 0 Å². The highest BCUT2D eigenvalue weighted by molar-refractivity contribution is 6.50. The van der Waals surface area contributed by atoms with Gasteiger partial charge in [0.25, 0.3) is 0 Å². The minimum absolute atomic E-state index is 0.953. The number of rotatable bonds is 0. The molecule has 0 spiro atoms. The van der Waals surface area contributed by atoms with E-state index in [9.17, 15) is 17.3 Å². The Labute approximate surface area is 119 Å². The molecule has 0 amide bonds. The molecule has 0 atom stereocenters. The molecule has 6 heteroatoms. The number of furan rings is 1. The summed E-state index contributed by atoms with van der Waals surface area (Å²) >= 11 is 0. The van der Waals surface area contributed by atoms with Crippen molar-refractivity contribution in [1.29, 1.82) is 0 Å². The molecule has 0 saturated heterocycles. The molecule has 1 nitrogen and oxygen atoms in total. The molecular weight excluding hydrogens is 283 g/mol. The van der Waals surface area contributed by atoms with Crippen molar-refractivity contribution in [2.24, 2.45) is 0 Å². The maximum atomic E-state index is 9.75. The molecule has 110 valence electrons. The summed E-state index contributed by atoms with van der Waals surface area (Å²) in [5, 5.41) is 1.21. The monoisotopic (exact) mass is 296 g/mol. The van der Waals surface area contributed by atoms with Crippen LogP contribution in [0, 0.1) is 13.8 Å². The van der Waals surface area contributed by atoms with E-state index in [2.05, 4.69) is 38.1 Å². The number of hydrogen-bond donors (Lipinski definition) is 0. The van der Waals surface area contributed by atoms with Gasteiger partial charge in [-0.1, -0.05) is 18.2 Å². The van der Waals surface area contributed by atoms with Crippen LogP contribution in [-0.4, -0.2) is 7.25 Å². The Balaban J connectivity index is 0.000000282. The number of aryl methyl sites for hydroxylation is 2. The SMILES string of the molecule is Cc1cc(C)c2[o+]c3cccccc-3c2c1.F[B-](F)(F)F. The number of fused-ring (bicyclic) bond motifs is 3. The van der Waals surface area contributed by atoms with Crippen LogP contribution in [0.3, 0.4) is 0 Å². The second-order valence-electron chi connectivity index (χ2n) is 4.74. The van der Waals surface area contributed by atoms with Gasteiger partial charge in [-0.15, -0.1) is 0 Å². The third-order valence-electron chi connectivity index (χ3n) is 2.92. The summed E-state index contributed by atoms with van der Waals surface area (Å²) in [5.41, 5.74) is 4.67. The summed E-state index contributed by atoms with van der Waals surface area (Å²) in [6, 6.07) is 14.6. The highest BCUT2D eigenvalue weighted by atomic mass is 19.5. The highest BCUT2D eigenvalue weighted by Crippen LogP contribution is 2.35. The Hall–Kier alpha value is -2.11. The molecule has 1 aliphatic heterocycles. The van der Waals surface area contributed by atoms with Gasteiger partial charge in [0.2, 0.25) is 0 Å². The lowest BCUT2D eigenvalue weighted by atomic mass is 10.1. The van der Waals surface area contributed by atoms with E-state index in [1.165, 1.54) is 22.1 Å². The first-order valence-corrected chi connectivity index (χ1v) is 6.35. The Kier molecular flexibility index (Phi) is 4.16. The molecule has 0 unspecified atom stereocenters. The average molecular weight is 296 g/mol. The molecule has 0 N–H and O–H groups in total. The lowest BCUT2D eigenvalue weighted by Gasteiger charge is -1.94. The van der Waals surface area contributed by atoms with Crippen LogP contribution in [0.2, 0.25) is 0 Å². The summed E-state index contributed by atoms with van der Waals surface area (Å²) in [6.07, 6.45) is 0. The number of halogens is 4. The van der Waals surface area contributed by atoms with E-state index in [1.54, 1.807) is 0 Å². The molecule has 1 aromatic rings. The number of hydrogen-bond acceptors (Lipinski definition) is 0. The van der Waals surface area contributed by atoms with Gasteiger partial charge in [-0.2, -0.15) is 0 Å². The van der Waals surface area contributed by atoms with Crippen LogP contribution in [0.5, 0.6) is 0 Å². The van der Waals surface area contributed by atoms with Crippen LogP contribution in [0.4, 0.5) is 17.3 Å². The van der Waals surface area contributed by atoms with Crippen molar-refractivity contribution in [3.8, 4) is 11.3 Å². The summed E-state index contributed by atoms with van der Waals surface area (Å²) in [7, 11) is -6.00. The fraction of sp³-hybridized carbons (Fsp3) is 0.133. The standard InChI is InChI=1S/C15H13O.BF4/c1-10-8-11(2)15-13(9-10)12-6-4-3-5-7-14(12)16-15;2-1(3,4)5/h3-9H,1-2H3;/q+1;-1. The fourth-order valence-electron chi connectivity index (χ4n) is 2.24. The Morgan fingerprint density at radius 2 is 1.52 bits per heavy atom. The summed E-state index contributed by atoms with van der Waals surface area (Å²) in [4.78, 5) is 0. The van der Waals surface area contributed by atoms with Crippen LogP contribution in [0.25, 0.3) is 22.3 Å². The minimum Gasteiger partial charge on any atom is -0.418 e. The zero-order chi connectivity index (χ0) is 15.6. The van der Waals surface area contributed by atoms with E-state index < -0.39 is 7.25 Å². The molecular formula is C15H13BF4O. The van der Waals surface area contributed by atoms with Gasteiger partial charge in [0.05, 0.1) is 16.5 Å². The maximum absolute atomic E-state index is 9.75. The summed E-state index contributed by atoms with van der Waals surface area (Å²) in [5.74, 6) is 0.953. The van der Waals surface area contributed by atoms with Gasteiger partial charge in [0, 0.05) is 6.07 Å². The van der Waals surface area contributed by atoms with Gasteiger partial charge in [0.15, 0.2) is 0 Å². The fourth-order valence-corrected chi connectivity index (χ4v) is 2.24. The molecule has 3 rings (SSSR count). The molecule has 21 heavy (non-hydrogen) atoms. The van der Waals surface area contributed by atoms with Crippen molar-refractivity contribution in [3.63, 3.8) is 0 Å². The van der Waals surface area contributed by atoms with Gasteiger partial charge >= 0.3 is 18.6 Å². The van der Waals surface area contributed by atoms with Crippen molar-refractivity contribution in [3.05, 3.63) is 53.6 Å². The van der Waals surface area contributed by atoms with Crippen molar-refractivity contribution in [2.75, 3.05) is 0 Å². The van der Waals surface area contributed by atoms with Crippen LogP contribution >= 0.6 is 0 Å². The van der Waals surface area contributed by atoms with E-state index in [0.29, 0.717) is 0 Å². The molecule has 0 aromatic heterocycles. The Morgan fingerprint density at radius 3 is 2.19 bits per heavy atom. The molecule has 0 saturated carbocycles. The second-order valence-corrected chi connectivity index (χ2v) is 4.74. The minimum atomic E-state index is -6.00. The normalized spacial score (nSPS) is 11.3. The predicted molar refractivity (Wildman–Crippen MR) is 76.9 cm³/mol. The van der Waals surface area contributed by atoms with Gasteiger partial charge < -0.3 is 17.3 Å². The van der Waals surface area contributed by atoms with E-state index in [-0.39, 0.29) is 0 Å². The Morgan fingerprint density at radius 1 is 0.905 bits per heavy atom. The quantitative estimate of drug-likeness (QED) is 0.293. The summed E-state index contributed by atoms with van der Waals surface area (Å²) in [6.45, 7) is 4.21. The molecule has 0 fully saturated rings. The van der Waals surface area contributed by atoms with Gasteiger partial charge in [-0.25, -0.2) is 4.42 Å². The summed E-state index contributed by atoms with van der Waals surface area (Å²) < 4.78 is 44.9. The van der Waals surface area contributed by atoms with Gasteiger partial charge in [-0.05, 0) is 37.6 Å². The van der Waals surface area contributed by atoms with Crippen molar-refractivity contribution in [2.45, 2.75) is 13.8 Å². The molecule has 2 aliphatic rings. The topological polar surface area (TPSA) is 11.3 Å². The molecule has 1 aromatic carbocycles. The predicted octanol–water partition coefficient (Wildman–Crippen LogP) is 5.74. The zero-order valence-corrected chi connectivity index (χ0v) is 11.5. The third kappa shape index (κ3) is 3.94.